The van der Waals surface area contributed by atoms with Crippen molar-refractivity contribution in [2.45, 2.75) is 77.9 Å². The number of hydrogen-bond donors (Lipinski definition) is 2. The van der Waals surface area contributed by atoms with Gasteiger partial charge in [-0.25, -0.2) is 0 Å². The average Bonchev–Trinajstić information content (AvgIpc) is 2.86. The molecule has 0 radical (unpaired) electrons. The van der Waals surface area contributed by atoms with Crippen LogP contribution in [0, 0.1) is 11.8 Å². The van der Waals surface area contributed by atoms with E-state index in [1.807, 2.05) is 0 Å². The first-order valence-corrected chi connectivity index (χ1v) is 8.64. The molecule has 4 unspecified atom stereocenters. The third-order valence-electron chi connectivity index (χ3n) is 4.54. The van der Waals surface area contributed by atoms with Crippen LogP contribution in [0.25, 0.3) is 0 Å². The summed E-state index contributed by atoms with van der Waals surface area (Å²) in [6.45, 7) is 8.70. The Balaban J connectivity index is 2.02. The van der Waals surface area contributed by atoms with E-state index in [2.05, 4.69) is 26.1 Å². The monoisotopic (exact) mass is 285 g/mol. The minimum atomic E-state index is -0.366. The van der Waals surface area contributed by atoms with Crippen molar-refractivity contribution < 1.29 is 9.84 Å². The van der Waals surface area contributed by atoms with Crippen LogP contribution in [-0.4, -0.2) is 37.0 Å². The van der Waals surface area contributed by atoms with Gasteiger partial charge in [-0.15, -0.1) is 0 Å². The van der Waals surface area contributed by atoms with E-state index < -0.39 is 0 Å². The van der Waals surface area contributed by atoms with Crippen molar-refractivity contribution in [3.05, 3.63) is 0 Å². The highest BCUT2D eigenvalue weighted by molar-refractivity contribution is 4.79. The largest absolute Gasteiger partial charge is 0.389 e. The van der Waals surface area contributed by atoms with Crippen molar-refractivity contribution in [1.29, 1.82) is 0 Å². The maximum atomic E-state index is 9.95. The standard InChI is InChI=1S/C17H35NO2/c1-4-6-7-15(5-2)12-20-13-17(19)11-18-16-9-8-14(3)10-16/h14-19H,4-13H2,1-3H3. The van der Waals surface area contributed by atoms with E-state index in [1.165, 1.54) is 44.9 Å². The number of aliphatic hydroxyl groups is 1. The summed E-state index contributed by atoms with van der Waals surface area (Å²) in [5.74, 6) is 1.50. The Kier molecular flexibility index (Phi) is 9.49. The first kappa shape index (κ1) is 17.9. The summed E-state index contributed by atoms with van der Waals surface area (Å²) in [5.41, 5.74) is 0. The lowest BCUT2D eigenvalue weighted by atomic mass is 10.0. The van der Waals surface area contributed by atoms with Crippen LogP contribution in [0.3, 0.4) is 0 Å². The number of rotatable bonds is 11. The second kappa shape index (κ2) is 10.6. The minimum Gasteiger partial charge on any atom is -0.389 e. The normalized spacial score (nSPS) is 25.8. The van der Waals surface area contributed by atoms with E-state index >= 15 is 0 Å². The van der Waals surface area contributed by atoms with Gasteiger partial charge in [-0.3, -0.25) is 0 Å². The topological polar surface area (TPSA) is 41.5 Å². The molecule has 2 N–H and O–H groups in total. The predicted octanol–water partition coefficient (Wildman–Crippen LogP) is 3.36. The number of unbranched alkanes of at least 4 members (excludes halogenated alkanes) is 1. The average molecular weight is 285 g/mol. The molecule has 4 atom stereocenters. The molecule has 1 rings (SSSR count). The van der Waals surface area contributed by atoms with E-state index in [9.17, 15) is 5.11 Å². The molecule has 120 valence electrons. The number of hydrogen-bond acceptors (Lipinski definition) is 3. The van der Waals surface area contributed by atoms with Gasteiger partial charge in [0, 0.05) is 19.2 Å². The fourth-order valence-corrected chi connectivity index (χ4v) is 3.02. The number of aliphatic hydroxyl groups excluding tert-OH is 1. The molecule has 0 spiro atoms. The molecule has 0 aromatic rings. The SMILES string of the molecule is CCCCC(CC)COCC(O)CNC1CCC(C)C1. The summed E-state index contributed by atoms with van der Waals surface area (Å²) >= 11 is 0. The lowest BCUT2D eigenvalue weighted by molar-refractivity contribution is 0.0183. The molecule has 1 fully saturated rings. The summed E-state index contributed by atoms with van der Waals surface area (Å²) in [4.78, 5) is 0. The van der Waals surface area contributed by atoms with Crippen molar-refractivity contribution in [3.63, 3.8) is 0 Å². The molecule has 0 aromatic carbocycles. The molecular formula is C17H35NO2. The van der Waals surface area contributed by atoms with E-state index in [0.29, 0.717) is 25.1 Å². The van der Waals surface area contributed by atoms with Gasteiger partial charge >= 0.3 is 0 Å². The Morgan fingerprint density at radius 2 is 2.05 bits per heavy atom. The zero-order valence-electron chi connectivity index (χ0n) is 13.7. The maximum Gasteiger partial charge on any atom is 0.0897 e. The van der Waals surface area contributed by atoms with Crippen LogP contribution in [0.4, 0.5) is 0 Å². The van der Waals surface area contributed by atoms with Crippen molar-refractivity contribution in [1.82, 2.24) is 5.32 Å². The molecule has 1 saturated carbocycles. The van der Waals surface area contributed by atoms with Crippen LogP contribution in [0.5, 0.6) is 0 Å². The molecule has 3 heteroatoms. The molecule has 0 amide bonds. The van der Waals surface area contributed by atoms with Crippen molar-refractivity contribution in [2.24, 2.45) is 11.8 Å². The van der Waals surface area contributed by atoms with Gasteiger partial charge in [0.15, 0.2) is 0 Å². The molecular weight excluding hydrogens is 250 g/mol. The zero-order valence-corrected chi connectivity index (χ0v) is 13.7. The Morgan fingerprint density at radius 1 is 1.25 bits per heavy atom. The number of ether oxygens (including phenoxy) is 1. The molecule has 3 nitrogen and oxygen atoms in total. The van der Waals surface area contributed by atoms with Crippen LogP contribution >= 0.6 is 0 Å². The summed E-state index contributed by atoms with van der Waals surface area (Å²) < 4.78 is 5.69. The van der Waals surface area contributed by atoms with Crippen LogP contribution in [0.15, 0.2) is 0 Å². The maximum absolute atomic E-state index is 9.95. The third-order valence-corrected chi connectivity index (χ3v) is 4.54. The summed E-state index contributed by atoms with van der Waals surface area (Å²) in [6, 6.07) is 0.604. The predicted molar refractivity (Wildman–Crippen MR) is 84.9 cm³/mol. The van der Waals surface area contributed by atoms with Crippen molar-refractivity contribution >= 4 is 0 Å². The van der Waals surface area contributed by atoms with Gasteiger partial charge in [-0.1, -0.05) is 40.0 Å². The third kappa shape index (κ3) is 7.61. The first-order chi connectivity index (χ1) is 9.65. The van der Waals surface area contributed by atoms with Gasteiger partial charge < -0.3 is 15.2 Å². The van der Waals surface area contributed by atoms with E-state index in [1.54, 1.807) is 0 Å². The summed E-state index contributed by atoms with van der Waals surface area (Å²) in [7, 11) is 0. The first-order valence-electron chi connectivity index (χ1n) is 8.64. The van der Waals surface area contributed by atoms with Crippen LogP contribution in [0.2, 0.25) is 0 Å². The second-order valence-corrected chi connectivity index (χ2v) is 6.63. The highest BCUT2D eigenvalue weighted by atomic mass is 16.5. The van der Waals surface area contributed by atoms with Gasteiger partial charge in [0.2, 0.25) is 0 Å². The number of nitrogens with one attached hydrogen (secondary N) is 1. The highest BCUT2D eigenvalue weighted by Gasteiger charge is 2.21. The second-order valence-electron chi connectivity index (χ2n) is 6.63. The highest BCUT2D eigenvalue weighted by Crippen LogP contribution is 2.24. The fraction of sp³-hybridized carbons (Fsp3) is 1.00. The van der Waals surface area contributed by atoms with Crippen LogP contribution in [-0.2, 0) is 4.74 Å². The minimum absolute atomic E-state index is 0.366. The summed E-state index contributed by atoms with van der Waals surface area (Å²) in [5, 5.41) is 13.4. The van der Waals surface area contributed by atoms with Gasteiger partial charge in [-0.2, -0.15) is 0 Å². The Morgan fingerprint density at radius 3 is 2.65 bits per heavy atom. The van der Waals surface area contributed by atoms with E-state index in [0.717, 1.165) is 12.5 Å². The molecule has 0 aliphatic heterocycles. The Hall–Kier alpha value is -0.120. The molecule has 0 heterocycles. The van der Waals surface area contributed by atoms with Gasteiger partial charge in [0.25, 0.3) is 0 Å². The van der Waals surface area contributed by atoms with E-state index in [4.69, 9.17) is 4.74 Å². The van der Waals surface area contributed by atoms with Gasteiger partial charge in [0.05, 0.1) is 12.7 Å². The molecule has 0 saturated heterocycles. The van der Waals surface area contributed by atoms with Gasteiger partial charge in [0.1, 0.15) is 0 Å². The van der Waals surface area contributed by atoms with Gasteiger partial charge in [-0.05, 0) is 37.5 Å². The smallest absolute Gasteiger partial charge is 0.0897 e. The fourth-order valence-electron chi connectivity index (χ4n) is 3.02. The van der Waals surface area contributed by atoms with Crippen molar-refractivity contribution in [2.75, 3.05) is 19.8 Å². The lowest BCUT2D eigenvalue weighted by Gasteiger charge is -2.19. The molecule has 1 aliphatic carbocycles. The zero-order chi connectivity index (χ0) is 14.8. The summed E-state index contributed by atoms with van der Waals surface area (Å²) in [6.07, 6.45) is 8.42. The Labute approximate surface area is 125 Å². The molecule has 0 aromatic heterocycles. The quantitative estimate of drug-likeness (QED) is 0.611. The molecule has 20 heavy (non-hydrogen) atoms. The molecule has 1 aliphatic rings. The lowest BCUT2D eigenvalue weighted by Crippen LogP contribution is -2.36. The molecule has 0 bridgehead atoms. The van der Waals surface area contributed by atoms with Crippen LogP contribution in [0.1, 0.15) is 65.7 Å². The Bertz CT molecular complexity index is 235. The van der Waals surface area contributed by atoms with E-state index in [-0.39, 0.29) is 6.10 Å². The van der Waals surface area contributed by atoms with Crippen molar-refractivity contribution in [3.8, 4) is 0 Å². The van der Waals surface area contributed by atoms with Crippen LogP contribution < -0.4 is 5.32 Å².